The Labute approximate surface area is 492 Å². The Morgan fingerprint density at radius 2 is 0.943 bits per heavy atom. The van der Waals surface area contributed by atoms with Gasteiger partial charge in [0.2, 0.25) is 10.1 Å². The minimum absolute atomic E-state index is 0.0810. The van der Waals surface area contributed by atoms with Crippen LogP contribution in [0, 0.1) is 0 Å². The van der Waals surface area contributed by atoms with Crippen molar-refractivity contribution in [3.05, 3.63) is 0 Å². The standard InChI is InChI=1S/C5H6Cl2O3.C5H4F4O3.C5H5F3O3.C5H6F2O3.2C5H7FO3.C5H8O3.C4H2F4O3.C4H5FO3/c1-4(6)5(2,7)10-3(8)9-4;1-4(6,7)2-5(8,9)12-3(10)11-2;1-2-4(6)5(7,8)11-3(9)10-4;1-2-5(7)3(6)9-4(8)10-5;1-3-5(2,6)9-4(7)8-3;1-2-3-4(6)9-5(7)8-3;1-3-4(2)8-5(6)7-3;5-2-1(4(6,7)8)10-3(9)11-2;1-4(5)2-7-3(6)8-4/h1-2H3;2H,1H3;2H2,1H3;3H,2H2,1H3;3H,1-2H3;3-4H,2H2,1H3;3-4H,1-2H3;1-2H;2H2,1H3. The minimum atomic E-state index is -4.91. The van der Waals surface area contributed by atoms with Crippen LogP contribution in [0.4, 0.5) is 113 Å². The summed E-state index contributed by atoms with van der Waals surface area (Å²) in [7, 11) is 0. The molecule has 0 bridgehead atoms. The fourth-order valence-electron chi connectivity index (χ4n) is 5.21. The van der Waals surface area contributed by atoms with Crippen LogP contribution in [0.15, 0.2) is 0 Å². The highest BCUT2D eigenvalue weighted by Gasteiger charge is 2.67. The predicted molar refractivity (Wildman–Crippen MR) is 240 cm³/mol. The second-order valence-corrected chi connectivity index (χ2v) is 19.4. The first-order chi connectivity index (χ1) is 39.5. The molecule has 88 heavy (non-hydrogen) atoms. The molecule has 45 heteroatoms. The van der Waals surface area contributed by atoms with Gasteiger partial charge in [0.05, 0.1) is 0 Å². The van der Waals surface area contributed by atoms with Crippen LogP contribution in [0.1, 0.15) is 95.4 Å². The zero-order valence-electron chi connectivity index (χ0n) is 46.4. The van der Waals surface area contributed by atoms with E-state index in [-0.39, 0.29) is 32.2 Å². The van der Waals surface area contributed by atoms with E-state index in [1.54, 1.807) is 20.8 Å². The van der Waals surface area contributed by atoms with Gasteiger partial charge < -0.3 is 85.3 Å². The Morgan fingerprint density at radius 3 is 1.10 bits per heavy atom. The van der Waals surface area contributed by atoms with E-state index in [1.807, 2.05) is 0 Å². The van der Waals surface area contributed by atoms with Gasteiger partial charge in [-0.15, -0.1) is 0 Å². The van der Waals surface area contributed by atoms with Gasteiger partial charge in [-0.3, -0.25) is 0 Å². The summed E-state index contributed by atoms with van der Waals surface area (Å²) in [5, 5.41) is -2.54. The molecule has 15 unspecified atom stereocenters. The van der Waals surface area contributed by atoms with Gasteiger partial charge in [0, 0.05) is 33.6 Å². The number of alkyl halides is 18. The largest absolute Gasteiger partial charge is 0.516 e. The molecule has 9 rings (SSSR count). The average Bonchev–Trinajstić information content (AvgIpc) is 1.93. The first-order valence-corrected chi connectivity index (χ1v) is 24.6. The van der Waals surface area contributed by atoms with Crippen LogP contribution < -0.4 is 0 Å². The van der Waals surface area contributed by atoms with Crippen molar-refractivity contribution in [2.45, 2.75) is 209 Å². The number of hydrogen-bond acceptors (Lipinski definition) is 27. The summed E-state index contributed by atoms with van der Waals surface area (Å²) in [6.07, 6.45) is -38.2. The molecular weight excluding hydrogens is 1320 g/mol. The molecule has 0 aromatic heterocycles. The lowest BCUT2D eigenvalue weighted by atomic mass is 10.2. The number of carbonyl (C=O) groups is 9. The van der Waals surface area contributed by atoms with Gasteiger partial charge in [-0.25, -0.2) is 51.9 Å². The summed E-state index contributed by atoms with van der Waals surface area (Å²) in [6, 6.07) is 0. The molecule has 0 amide bonds. The molecule has 9 fully saturated rings. The first kappa shape index (κ1) is 78.9. The third-order valence-electron chi connectivity index (χ3n) is 10.6. The molecule has 15 atom stereocenters. The van der Waals surface area contributed by atoms with Crippen LogP contribution in [0.5, 0.6) is 0 Å². The molecule has 9 saturated heterocycles. The third kappa shape index (κ3) is 23.4. The van der Waals surface area contributed by atoms with Crippen LogP contribution >= 0.6 is 23.2 Å². The van der Waals surface area contributed by atoms with Crippen LogP contribution in [-0.2, 0) is 85.3 Å². The maximum atomic E-state index is 12.8. The Morgan fingerprint density at radius 1 is 0.489 bits per heavy atom. The van der Waals surface area contributed by atoms with E-state index >= 15 is 0 Å². The molecule has 0 aliphatic carbocycles. The summed E-state index contributed by atoms with van der Waals surface area (Å²) >= 11 is 11.3. The lowest BCUT2D eigenvalue weighted by Gasteiger charge is -2.22. The highest BCUT2D eigenvalue weighted by molar-refractivity contribution is 6.34. The summed E-state index contributed by atoms with van der Waals surface area (Å²) in [4.78, 5) is 91.1. The van der Waals surface area contributed by atoms with Crippen molar-refractivity contribution in [2.75, 3.05) is 6.61 Å². The smallest absolute Gasteiger partial charge is 0.427 e. The SMILES string of the molecule is CC(F)(F)C1OC(=O)OC1(F)F.CC1(Cl)OC(=O)OC1(C)Cl.CC1(F)COC(=O)O1.CC1OC(=O)OC1(C)F.CC1OC(=O)OC1C.CCC1(F)OC(=O)OC1(F)F.CCC1(F)OC(=O)OC1F.CCC1OC(=O)OC1F.O=C1OC(F)C(C(F)(F)F)O1. The summed E-state index contributed by atoms with van der Waals surface area (Å²) in [5.41, 5.74) is 0. The molecule has 0 aromatic rings. The molecule has 0 radical (unpaired) electrons. The van der Waals surface area contributed by atoms with Gasteiger partial charge in [-0.2, -0.15) is 61.5 Å². The second-order valence-electron chi connectivity index (χ2n) is 18.0. The van der Waals surface area contributed by atoms with E-state index in [0.717, 1.165) is 20.8 Å². The van der Waals surface area contributed by atoms with Crippen molar-refractivity contribution < 1.29 is 199 Å². The Hall–Kier alpha value is -7.11. The molecule has 0 saturated carbocycles. The molecule has 0 spiro atoms. The number of hydrogen-bond donors (Lipinski definition) is 0. The topological polar surface area (TPSA) is 320 Å². The van der Waals surface area contributed by atoms with Gasteiger partial charge >= 0.3 is 91.9 Å². The number of ether oxygens (including phenoxy) is 18. The van der Waals surface area contributed by atoms with Crippen molar-refractivity contribution in [2.24, 2.45) is 0 Å². The van der Waals surface area contributed by atoms with Gasteiger partial charge in [0.15, 0.2) is 18.8 Å². The van der Waals surface area contributed by atoms with Crippen molar-refractivity contribution >= 4 is 78.6 Å². The molecule has 9 aliphatic rings. The van der Waals surface area contributed by atoms with E-state index in [9.17, 15) is 113 Å². The summed E-state index contributed by atoms with van der Waals surface area (Å²) in [5.74, 6) is -13.6. The molecule has 27 nitrogen and oxygen atoms in total. The quantitative estimate of drug-likeness (QED) is 0.109. The van der Waals surface area contributed by atoms with Gasteiger partial charge in [-0.05, 0) is 41.0 Å². The van der Waals surface area contributed by atoms with E-state index in [0.29, 0.717) is 6.42 Å². The number of cyclic esters (lactones) is 18. The molecule has 510 valence electrons. The Bertz CT molecular complexity index is 2420. The predicted octanol–water partition coefficient (Wildman–Crippen LogP) is 12.8. The zero-order chi connectivity index (χ0) is 68.9. The monoisotopic (exact) mass is 1370 g/mol. The van der Waals surface area contributed by atoms with Crippen LogP contribution in [0.2, 0.25) is 0 Å². The molecular formula is C43H50Cl2F16O27. The molecule has 9 heterocycles. The number of carbonyl (C=O) groups excluding carboxylic acids is 9. The lowest BCUT2D eigenvalue weighted by molar-refractivity contribution is -0.288. The summed E-state index contributed by atoms with van der Waals surface area (Å²) in [6.45, 7) is 14.4. The highest BCUT2D eigenvalue weighted by Crippen LogP contribution is 2.44. The number of rotatable bonds is 4. The van der Waals surface area contributed by atoms with Crippen LogP contribution in [0.3, 0.4) is 0 Å². The second kappa shape index (κ2) is 29.9. The van der Waals surface area contributed by atoms with Crippen LogP contribution in [-0.4, -0.2) is 176 Å². The van der Waals surface area contributed by atoms with Crippen molar-refractivity contribution in [3.8, 4) is 0 Å². The highest BCUT2D eigenvalue weighted by atomic mass is 35.5. The molecule has 9 aliphatic heterocycles. The van der Waals surface area contributed by atoms with Crippen molar-refractivity contribution in [1.29, 1.82) is 0 Å². The Kier molecular flexibility index (Phi) is 26.8. The van der Waals surface area contributed by atoms with E-state index in [1.165, 1.54) is 27.7 Å². The first-order valence-electron chi connectivity index (χ1n) is 23.8. The van der Waals surface area contributed by atoms with Crippen molar-refractivity contribution in [3.63, 3.8) is 0 Å². The van der Waals surface area contributed by atoms with E-state index in [2.05, 4.69) is 85.3 Å². The van der Waals surface area contributed by atoms with Gasteiger partial charge in [-0.1, -0.05) is 44.0 Å². The molecule has 0 aromatic carbocycles. The zero-order valence-corrected chi connectivity index (χ0v) is 47.9. The third-order valence-corrected chi connectivity index (χ3v) is 11.5. The fraction of sp³-hybridized carbons (Fsp3) is 0.791. The van der Waals surface area contributed by atoms with Gasteiger partial charge in [0.25, 0.3) is 42.6 Å². The van der Waals surface area contributed by atoms with Crippen LogP contribution in [0.25, 0.3) is 0 Å². The number of halogens is 18. The minimum Gasteiger partial charge on any atom is -0.427 e. The Balaban J connectivity index is 0.000000496. The van der Waals surface area contributed by atoms with E-state index < -0.39 is 163 Å². The summed E-state index contributed by atoms with van der Waals surface area (Å²) < 4.78 is 267. The normalized spacial score (nSPS) is 36.2. The lowest BCUT2D eigenvalue weighted by Crippen LogP contribution is -2.43. The van der Waals surface area contributed by atoms with Crippen molar-refractivity contribution in [1.82, 2.24) is 0 Å². The maximum Gasteiger partial charge on any atom is 0.516 e. The van der Waals surface area contributed by atoms with E-state index in [4.69, 9.17) is 23.2 Å². The van der Waals surface area contributed by atoms with Gasteiger partial charge in [0.1, 0.15) is 12.2 Å². The fourth-order valence-corrected chi connectivity index (χ4v) is 5.41. The molecule has 0 N–H and O–H groups in total. The maximum absolute atomic E-state index is 12.8. The average molecular weight is 1370 g/mol.